The zero-order valence-corrected chi connectivity index (χ0v) is 10.6. The van der Waals surface area contributed by atoms with Crippen molar-refractivity contribution in [3.05, 3.63) is 0 Å². The fraction of sp³-hybridized carbons (Fsp3) is 0.923. The van der Waals surface area contributed by atoms with Crippen LogP contribution in [0.3, 0.4) is 0 Å². The summed E-state index contributed by atoms with van der Waals surface area (Å²) in [5.41, 5.74) is 0. The van der Waals surface area contributed by atoms with Crippen molar-refractivity contribution in [3.8, 4) is 0 Å². The van der Waals surface area contributed by atoms with Gasteiger partial charge >= 0.3 is 5.97 Å². The summed E-state index contributed by atoms with van der Waals surface area (Å²) in [7, 11) is 1.49. The number of rotatable bonds is 3. The lowest BCUT2D eigenvalue weighted by molar-refractivity contribution is -0.154. The Morgan fingerprint density at radius 1 is 1.38 bits per heavy atom. The second-order valence-electron chi connectivity index (χ2n) is 5.24. The number of methoxy groups -OCH3 is 1. The summed E-state index contributed by atoms with van der Waals surface area (Å²) >= 11 is 0. The molecule has 4 unspecified atom stereocenters. The molecule has 0 aromatic carbocycles. The Bertz CT molecular complexity index is 267. The van der Waals surface area contributed by atoms with Gasteiger partial charge in [0, 0.05) is 12.6 Å². The maximum absolute atomic E-state index is 11.6. The van der Waals surface area contributed by atoms with E-state index in [4.69, 9.17) is 4.74 Å². The van der Waals surface area contributed by atoms with Gasteiger partial charge in [-0.3, -0.25) is 9.69 Å². The molecule has 0 amide bonds. The first-order valence-corrected chi connectivity index (χ1v) is 6.52. The van der Waals surface area contributed by atoms with Crippen LogP contribution in [0.25, 0.3) is 0 Å². The average Bonchev–Trinajstić information content (AvgIpc) is 2.59. The van der Waals surface area contributed by atoms with E-state index in [2.05, 4.69) is 18.7 Å². The molecular weight excluding hydrogens is 202 g/mol. The molecule has 1 aliphatic heterocycles. The summed E-state index contributed by atoms with van der Waals surface area (Å²) in [4.78, 5) is 13.9. The molecule has 0 spiro atoms. The molecule has 0 N–H and O–H groups in total. The van der Waals surface area contributed by atoms with Crippen LogP contribution in [-0.2, 0) is 9.53 Å². The number of esters is 1. The molecule has 3 nitrogen and oxygen atoms in total. The van der Waals surface area contributed by atoms with Crippen LogP contribution in [0.2, 0.25) is 0 Å². The quantitative estimate of drug-likeness (QED) is 0.689. The summed E-state index contributed by atoms with van der Waals surface area (Å²) < 4.78 is 4.85. The third-order valence-electron chi connectivity index (χ3n) is 4.67. The molecule has 1 saturated heterocycles. The fourth-order valence-electron chi connectivity index (χ4n) is 3.46. The highest BCUT2D eigenvalue weighted by atomic mass is 16.5. The van der Waals surface area contributed by atoms with Crippen molar-refractivity contribution >= 4 is 5.97 Å². The predicted octanol–water partition coefficient (Wildman–Crippen LogP) is 2.06. The number of likely N-dealkylation sites (tertiary alicyclic amines) is 1. The zero-order chi connectivity index (χ0) is 11.7. The van der Waals surface area contributed by atoms with Crippen LogP contribution in [0.4, 0.5) is 0 Å². The second kappa shape index (κ2) is 4.74. The Balaban J connectivity index is 1.96. The SMILES string of the molecule is CCC1CCC(N2CCC2C(=O)OC)C1C. The molecule has 16 heavy (non-hydrogen) atoms. The van der Waals surface area contributed by atoms with Crippen LogP contribution in [0.5, 0.6) is 0 Å². The first-order valence-electron chi connectivity index (χ1n) is 6.52. The number of hydrogen-bond donors (Lipinski definition) is 0. The lowest BCUT2D eigenvalue weighted by Crippen LogP contribution is -2.58. The molecule has 2 rings (SSSR count). The summed E-state index contributed by atoms with van der Waals surface area (Å²) in [5.74, 6) is 1.54. The van der Waals surface area contributed by atoms with Gasteiger partial charge in [0.15, 0.2) is 0 Å². The third-order valence-corrected chi connectivity index (χ3v) is 4.67. The molecule has 2 fully saturated rings. The number of nitrogens with zero attached hydrogens (tertiary/aromatic N) is 1. The standard InChI is InChI=1S/C13H23NO2/c1-4-10-5-6-11(9(10)2)14-8-7-12(14)13(15)16-3/h9-12H,4-8H2,1-3H3. The summed E-state index contributed by atoms with van der Waals surface area (Å²) in [6, 6.07) is 0.663. The minimum Gasteiger partial charge on any atom is -0.468 e. The molecule has 0 aromatic rings. The van der Waals surface area contributed by atoms with E-state index < -0.39 is 0 Å². The van der Waals surface area contributed by atoms with Crippen molar-refractivity contribution in [2.45, 2.75) is 51.6 Å². The fourth-order valence-corrected chi connectivity index (χ4v) is 3.46. The summed E-state index contributed by atoms with van der Waals surface area (Å²) in [6.45, 7) is 5.70. The first-order chi connectivity index (χ1) is 7.69. The molecule has 0 bridgehead atoms. The van der Waals surface area contributed by atoms with Gasteiger partial charge in [0.25, 0.3) is 0 Å². The Morgan fingerprint density at radius 3 is 2.56 bits per heavy atom. The third kappa shape index (κ3) is 1.86. The van der Waals surface area contributed by atoms with Gasteiger partial charge in [-0.1, -0.05) is 20.3 Å². The van der Waals surface area contributed by atoms with Gasteiger partial charge in [-0.2, -0.15) is 0 Å². The summed E-state index contributed by atoms with van der Waals surface area (Å²) in [6.07, 6.45) is 4.83. The van der Waals surface area contributed by atoms with Gasteiger partial charge in [0.2, 0.25) is 0 Å². The van der Waals surface area contributed by atoms with Crippen molar-refractivity contribution in [2.75, 3.05) is 13.7 Å². The molecular formula is C13H23NO2. The number of carbonyl (C=O) groups excluding carboxylic acids is 1. The van der Waals surface area contributed by atoms with Gasteiger partial charge in [-0.25, -0.2) is 0 Å². The highest BCUT2D eigenvalue weighted by Gasteiger charge is 2.44. The molecule has 0 aromatic heterocycles. The van der Waals surface area contributed by atoms with Gasteiger partial charge < -0.3 is 4.74 Å². The van der Waals surface area contributed by atoms with Crippen molar-refractivity contribution in [3.63, 3.8) is 0 Å². The van der Waals surface area contributed by atoms with E-state index in [9.17, 15) is 4.79 Å². The number of carbonyl (C=O) groups is 1. The second-order valence-corrected chi connectivity index (χ2v) is 5.24. The topological polar surface area (TPSA) is 29.5 Å². The molecule has 3 heteroatoms. The lowest BCUT2D eigenvalue weighted by atomic mass is 9.89. The van der Waals surface area contributed by atoms with Gasteiger partial charge in [0.05, 0.1) is 7.11 Å². The Kier molecular flexibility index (Phi) is 3.53. The van der Waals surface area contributed by atoms with E-state index >= 15 is 0 Å². The number of ether oxygens (including phenoxy) is 1. The Hall–Kier alpha value is -0.570. The smallest absolute Gasteiger partial charge is 0.323 e. The average molecular weight is 225 g/mol. The number of hydrogen-bond acceptors (Lipinski definition) is 3. The Morgan fingerprint density at radius 2 is 2.12 bits per heavy atom. The first kappa shape index (κ1) is 11.9. The van der Waals surface area contributed by atoms with E-state index in [1.165, 1.54) is 26.4 Å². The van der Waals surface area contributed by atoms with Gasteiger partial charge in [0.1, 0.15) is 6.04 Å². The van der Waals surface area contributed by atoms with Crippen molar-refractivity contribution < 1.29 is 9.53 Å². The largest absolute Gasteiger partial charge is 0.468 e. The Labute approximate surface area is 98.1 Å². The van der Waals surface area contributed by atoms with Crippen LogP contribution in [-0.4, -0.2) is 36.6 Å². The van der Waals surface area contributed by atoms with E-state index in [-0.39, 0.29) is 12.0 Å². The van der Waals surface area contributed by atoms with Crippen LogP contribution in [0, 0.1) is 11.8 Å². The normalized spacial score (nSPS) is 39.4. The maximum Gasteiger partial charge on any atom is 0.323 e. The van der Waals surface area contributed by atoms with E-state index in [1.807, 2.05) is 0 Å². The van der Waals surface area contributed by atoms with Crippen LogP contribution < -0.4 is 0 Å². The molecule has 2 aliphatic rings. The van der Waals surface area contributed by atoms with E-state index in [0.29, 0.717) is 6.04 Å². The molecule has 0 radical (unpaired) electrons. The van der Waals surface area contributed by atoms with Crippen LogP contribution in [0.1, 0.15) is 39.5 Å². The highest BCUT2D eigenvalue weighted by Crippen LogP contribution is 2.40. The van der Waals surface area contributed by atoms with Gasteiger partial charge in [-0.05, 0) is 31.1 Å². The molecule has 1 aliphatic carbocycles. The van der Waals surface area contributed by atoms with Gasteiger partial charge in [-0.15, -0.1) is 0 Å². The zero-order valence-electron chi connectivity index (χ0n) is 10.6. The van der Waals surface area contributed by atoms with Crippen LogP contribution in [0.15, 0.2) is 0 Å². The molecule has 4 atom stereocenters. The monoisotopic (exact) mass is 225 g/mol. The van der Waals surface area contributed by atoms with Crippen molar-refractivity contribution in [1.29, 1.82) is 0 Å². The lowest BCUT2D eigenvalue weighted by Gasteiger charge is -2.45. The minimum absolute atomic E-state index is 0.0431. The van der Waals surface area contributed by atoms with Crippen LogP contribution >= 0.6 is 0 Å². The molecule has 1 saturated carbocycles. The van der Waals surface area contributed by atoms with E-state index in [0.717, 1.165) is 24.8 Å². The molecule has 1 heterocycles. The molecule has 92 valence electrons. The summed E-state index contributed by atoms with van der Waals surface area (Å²) in [5, 5.41) is 0. The predicted molar refractivity (Wildman–Crippen MR) is 63.1 cm³/mol. The van der Waals surface area contributed by atoms with E-state index in [1.54, 1.807) is 0 Å². The van der Waals surface area contributed by atoms with Crippen molar-refractivity contribution in [1.82, 2.24) is 4.90 Å². The highest BCUT2D eigenvalue weighted by molar-refractivity contribution is 5.76. The maximum atomic E-state index is 11.6. The van der Waals surface area contributed by atoms with Crippen molar-refractivity contribution in [2.24, 2.45) is 11.8 Å². The minimum atomic E-state index is -0.0431.